The highest BCUT2D eigenvalue weighted by Crippen LogP contribution is 2.34. The Bertz CT molecular complexity index is 585. The number of rotatable bonds is 2. The molecule has 0 aliphatic heterocycles. The van der Waals surface area contributed by atoms with Crippen molar-refractivity contribution in [2.75, 3.05) is 0 Å². The molecule has 0 aliphatic carbocycles. The van der Waals surface area contributed by atoms with Crippen LogP contribution in [0.25, 0.3) is 11.0 Å². The Morgan fingerprint density at radius 1 is 1.12 bits per heavy atom. The third kappa shape index (κ3) is 1.82. The largest absolute Gasteiger partial charge is 0.464 e. The zero-order chi connectivity index (χ0) is 12.6. The van der Waals surface area contributed by atoms with Gasteiger partial charge in [0.15, 0.2) is 0 Å². The molecule has 2 aromatic rings. The van der Waals surface area contributed by atoms with Gasteiger partial charge in [-0.15, -0.1) is 0 Å². The molecule has 0 saturated heterocycles. The van der Waals surface area contributed by atoms with Crippen LogP contribution in [0.1, 0.15) is 56.2 Å². The lowest BCUT2D eigenvalue weighted by Crippen LogP contribution is -1.98. The van der Waals surface area contributed by atoms with E-state index in [4.69, 9.17) is 4.42 Å². The van der Waals surface area contributed by atoms with Gasteiger partial charge in [-0.25, -0.2) is 0 Å². The summed E-state index contributed by atoms with van der Waals surface area (Å²) in [6, 6.07) is 6.33. The number of hydrogen-bond donors (Lipinski definition) is 0. The zero-order valence-corrected chi connectivity index (χ0v) is 10.7. The van der Waals surface area contributed by atoms with Gasteiger partial charge in [-0.1, -0.05) is 33.8 Å². The number of benzene rings is 1. The predicted octanol–water partition coefficient (Wildman–Crippen LogP) is 4.55. The van der Waals surface area contributed by atoms with Gasteiger partial charge in [0.1, 0.15) is 11.7 Å². The molecular weight excluding hydrogens is 210 g/mol. The van der Waals surface area contributed by atoms with Crippen LogP contribution in [0.5, 0.6) is 0 Å². The summed E-state index contributed by atoms with van der Waals surface area (Å²) in [4.78, 5) is 0. The molecule has 0 bridgehead atoms. The molecule has 0 aliphatic rings. The first-order chi connectivity index (χ1) is 8.06. The van der Waals surface area contributed by atoms with Crippen molar-refractivity contribution in [3.63, 3.8) is 0 Å². The number of furan rings is 1. The predicted molar refractivity (Wildman–Crippen MR) is 69.1 cm³/mol. The van der Waals surface area contributed by atoms with Crippen molar-refractivity contribution in [2.24, 2.45) is 0 Å². The molecule has 1 heterocycles. The van der Waals surface area contributed by atoms with E-state index in [0.717, 1.165) is 22.1 Å². The fourth-order valence-electron chi connectivity index (χ4n) is 2.20. The van der Waals surface area contributed by atoms with Crippen LogP contribution in [0, 0.1) is 11.3 Å². The SMILES string of the molecule is CC(C)c1cc(C(C)C)c2occc2c1C#N. The molecule has 2 nitrogen and oxygen atoms in total. The van der Waals surface area contributed by atoms with Gasteiger partial charge < -0.3 is 4.42 Å². The fraction of sp³-hybridized carbons (Fsp3) is 0.400. The van der Waals surface area contributed by atoms with E-state index >= 15 is 0 Å². The van der Waals surface area contributed by atoms with E-state index in [1.165, 1.54) is 5.56 Å². The minimum atomic E-state index is 0.349. The summed E-state index contributed by atoms with van der Waals surface area (Å²) in [5.74, 6) is 0.746. The minimum Gasteiger partial charge on any atom is -0.464 e. The maximum Gasteiger partial charge on any atom is 0.138 e. The summed E-state index contributed by atoms with van der Waals surface area (Å²) in [6.07, 6.45) is 1.67. The standard InChI is InChI=1S/C15H17NO/c1-9(2)12-7-13(10(3)4)15-11(5-6-17-15)14(12)8-16/h5-7,9-10H,1-4H3. The lowest BCUT2D eigenvalue weighted by molar-refractivity contribution is 0.607. The summed E-state index contributed by atoms with van der Waals surface area (Å²) >= 11 is 0. The first kappa shape index (κ1) is 11.7. The Kier molecular flexibility index (Phi) is 2.93. The fourth-order valence-corrected chi connectivity index (χ4v) is 2.20. The molecule has 1 aromatic carbocycles. The van der Waals surface area contributed by atoms with Gasteiger partial charge in [-0.05, 0) is 29.0 Å². The summed E-state index contributed by atoms with van der Waals surface area (Å²) in [6.45, 7) is 8.53. The van der Waals surface area contributed by atoms with Gasteiger partial charge in [0.05, 0.1) is 11.8 Å². The maximum absolute atomic E-state index is 9.32. The second kappa shape index (κ2) is 4.25. The normalized spacial score (nSPS) is 11.4. The highest BCUT2D eigenvalue weighted by Gasteiger charge is 2.17. The van der Waals surface area contributed by atoms with Crippen LogP contribution in [0.4, 0.5) is 0 Å². The van der Waals surface area contributed by atoms with Gasteiger partial charge in [0, 0.05) is 5.39 Å². The molecule has 0 unspecified atom stereocenters. The van der Waals surface area contributed by atoms with Crippen molar-refractivity contribution in [2.45, 2.75) is 39.5 Å². The Hall–Kier alpha value is -1.75. The average molecular weight is 227 g/mol. The lowest BCUT2D eigenvalue weighted by Gasteiger charge is -2.14. The first-order valence-electron chi connectivity index (χ1n) is 6.00. The molecule has 0 atom stereocenters. The molecule has 2 heteroatoms. The molecular formula is C15H17NO. The molecule has 0 N–H and O–H groups in total. The maximum atomic E-state index is 9.32. The Balaban J connectivity index is 2.87. The number of hydrogen-bond acceptors (Lipinski definition) is 2. The summed E-state index contributed by atoms with van der Waals surface area (Å²) < 4.78 is 5.54. The third-order valence-corrected chi connectivity index (χ3v) is 3.15. The Morgan fingerprint density at radius 2 is 1.76 bits per heavy atom. The molecule has 0 radical (unpaired) electrons. The molecule has 17 heavy (non-hydrogen) atoms. The molecule has 2 rings (SSSR count). The molecule has 0 saturated carbocycles. The van der Waals surface area contributed by atoms with Crippen molar-refractivity contribution in [3.8, 4) is 6.07 Å². The van der Waals surface area contributed by atoms with Crippen LogP contribution < -0.4 is 0 Å². The average Bonchev–Trinajstić information content (AvgIpc) is 2.74. The third-order valence-electron chi connectivity index (χ3n) is 3.15. The second-order valence-corrected chi connectivity index (χ2v) is 5.01. The molecule has 1 aromatic heterocycles. The van der Waals surface area contributed by atoms with Crippen molar-refractivity contribution in [1.82, 2.24) is 0 Å². The van der Waals surface area contributed by atoms with Gasteiger partial charge in [-0.2, -0.15) is 5.26 Å². The topological polar surface area (TPSA) is 36.9 Å². The highest BCUT2D eigenvalue weighted by atomic mass is 16.3. The van der Waals surface area contributed by atoms with Crippen LogP contribution in [-0.4, -0.2) is 0 Å². The van der Waals surface area contributed by atoms with E-state index in [9.17, 15) is 5.26 Å². The molecule has 0 spiro atoms. The molecule has 0 amide bonds. The van der Waals surface area contributed by atoms with E-state index in [0.29, 0.717) is 11.8 Å². The number of nitrogens with zero attached hydrogens (tertiary/aromatic N) is 1. The Morgan fingerprint density at radius 3 is 2.29 bits per heavy atom. The second-order valence-electron chi connectivity index (χ2n) is 5.01. The van der Waals surface area contributed by atoms with Crippen molar-refractivity contribution >= 4 is 11.0 Å². The summed E-state index contributed by atoms with van der Waals surface area (Å²) in [5, 5.41) is 10.3. The quantitative estimate of drug-likeness (QED) is 0.754. The van der Waals surface area contributed by atoms with E-state index in [1.807, 2.05) is 6.07 Å². The summed E-state index contributed by atoms with van der Waals surface area (Å²) in [5.41, 5.74) is 3.92. The van der Waals surface area contributed by atoms with E-state index in [2.05, 4.69) is 39.8 Å². The van der Waals surface area contributed by atoms with Gasteiger partial charge in [0.2, 0.25) is 0 Å². The van der Waals surface area contributed by atoms with Gasteiger partial charge in [0.25, 0.3) is 0 Å². The van der Waals surface area contributed by atoms with Crippen molar-refractivity contribution in [3.05, 3.63) is 35.1 Å². The molecule has 88 valence electrons. The highest BCUT2D eigenvalue weighted by molar-refractivity contribution is 5.88. The summed E-state index contributed by atoms with van der Waals surface area (Å²) in [7, 11) is 0. The minimum absolute atomic E-state index is 0.349. The van der Waals surface area contributed by atoms with Crippen LogP contribution in [0.3, 0.4) is 0 Å². The van der Waals surface area contributed by atoms with E-state index < -0.39 is 0 Å². The number of nitriles is 1. The number of fused-ring (bicyclic) bond motifs is 1. The monoisotopic (exact) mass is 227 g/mol. The van der Waals surface area contributed by atoms with Crippen LogP contribution in [0.15, 0.2) is 22.8 Å². The first-order valence-corrected chi connectivity index (χ1v) is 6.00. The Labute approximate surface area is 102 Å². The van der Waals surface area contributed by atoms with Crippen LogP contribution in [-0.2, 0) is 0 Å². The van der Waals surface area contributed by atoms with Gasteiger partial charge >= 0.3 is 0 Å². The zero-order valence-electron chi connectivity index (χ0n) is 10.7. The van der Waals surface area contributed by atoms with Crippen LogP contribution >= 0.6 is 0 Å². The van der Waals surface area contributed by atoms with E-state index in [1.54, 1.807) is 6.26 Å². The lowest BCUT2D eigenvalue weighted by atomic mass is 9.89. The van der Waals surface area contributed by atoms with Gasteiger partial charge in [-0.3, -0.25) is 0 Å². The molecule has 0 fully saturated rings. The van der Waals surface area contributed by atoms with Crippen molar-refractivity contribution < 1.29 is 4.42 Å². The van der Waals surface area contributed by atoms with Crippen LogP contribution in [0.2, 0.25) is 0 Å². The smallest absolute Gasteiger partial charge is 0.138 e. The van der Waals surface area contributed by atoms with Crippen molar-refractivity contribution in [1.29, 1.82) is 5.26 Å². The van der Waals surface area contributed by atoms with E-state index in [-0.39, 0.29) is 0 Å².